The minimum absolute atomic E-state index is 0.0110. The molecule has 2 aromatic carbocycles. The van der Waals surface area contributed by atoms with Gasteiger partial charge in [-0.15, -0.1) is 0 Å². The van der Waals surface area contributed by atoms with Gasteiger partial charge in [-0.25, -0.2) is 4.79 Å². The number of fused-ring (bicyclic) bond motifs is 1. The average Bonchev–Trinajstić information content (AvgIpc) is 2.68. The smallest absolute Gasteiger partial charge is 0.412 e. The molecule has 2 aromatic rings. The van der Waals surface area contributed by atoms with E-state index in [1.54, 1.807) is 19.9 Å². The van der Waals surface area contributed by atoms with Crippen LogP contribution in [-0.4, -0.2) is 39.5 Å². The number of hydrogen-bond donors (Lipinski definition) is 4. The number of benzene rings is 2. The van der Waals surface area contributed by atoms with Gasteiger partial charge in [0, 0.05) is 36.6 Å². The number of aromatic hydroxyl groups is 2. The van der Waals surface area contributed by atoms with Gasteiger partial charge in [-0.1, -0.05) is 19.9 Å². The van der Waals surface area contributed by atoms with Crippen molar-refractivity contribution in [2.75, 3.05) is 0 Å². The van der Waals surface area contributed by atoms with Crippen LogP contribution >= 0.6 is 0 Å². The van der Waals surface area contributed by atoms with E-state index in [0.29, 0.717) is 11.1 Å². The molecule has 1 heterocycles. The van der Waals surface area contributed by atoms with Crippen LogP contribution < -0.4 is 19.5 Å². The Hall–Kier alpha value is -3.46. The van der Waals surface area contributed by atoms with Crippen LogP contribution in [-0.2, 0) is 11.2 Å². The van der Waals surface area contributed by atoms with Gasteiger partial charge in [0.2, 0.25) is 0 Å². The fourth-order valence-corrected chi connectivity index (χ4v) is 3.48. The van der Waals surface area contributed by atoms with E-state index in [-0.39, 0.29) is 53.5 Å². The topological polar surface area (TPSA) is 135 Å². The molecule has 3 rings (SSSR count). The molecule has 1 amide bonds. The van der Waals surface area contributed by atoms with Crippen molar-refractivity contribution in [3.8, 4) is 28.7 Å². The first-order valence-corrected chi connectivity index (χ1v) is 10.8. The molecule has 9 heteroatoms. The van der Waals surface area contributed by atoms with Crippen molar-refractivity contribution in [3.05, 3.63) is 41.5 Å². The largest absolute Gasteiger partial charge is 0.508 e. The van der Waals surface area contributed by atoms with Gasteiger partial charge >= 0.3 is 12.1 Å². The highest BCUT2D eigenvalue weighted by molar-refractivity contribution is 5.75. The van der Waals surface area contributed by atoms with Crippen LogP contribution in [0.1, 0.15) is 51.3 Å². The van der Waals surface area contributed by atoms with Gasteiger partial charge < -0.3 is 34.8 Å². The molecule has 0 aliphatic carbocycles. The van der Waals surface area contributed by atoms with E-state index in [1.807, 2.05) is 13.8 Å². The van der Waals surface area contributed by atoms with Gasteiger partial charge in [-0.2, -0.15) is 0 Å². The second-order valence-electron chi connectivity index (χ2n) is 8.72. The van der Waals surface area contributed by atoms with E-state index >= 15 is 0 Å². The fraction of sp³-hybridized carbons (Fsp3) is 0.417. The van der Waals surface area contributed by atoms with Crippen LogP contribution in [0.3, 0.4) is 0 Å². The molecule has 0 saturated heterocycles. The molecule has 0 aromatic heterocycles. The predicted molar refractivity (Wildman–Crippen MR) is 119 cm³/mol. The summed E-state index contributed by atoms with van der Waals surface area (Å²) in [5.41, 5.74) is 0.829. The third-order valence-electron chi connectivity index (χ3n) is 4.89. The van der Waals surface area contributed by atoms with Crippen LogP contribution in [0.2, 0.25) is 0 Å². The van der Waals surface area contributed by atoms with Gasteiger partial charge in [0.15, 0.2) is 11.5 Å². The molecular weight excluding hydrogens is 430 g/mol. The summed E-state index contributed by atoms with van der Waals surface area (Å²) in [4.78, 5) is 24.4. The Labute approximate surface area is 191 Å². The Bertz CT molecular complexity index is 1030. The van der Waals surface area contributed by atoms with E-state index in [1.165, 1.54) is 24.3 Å². The lowest BCUT2D eigenvalue weighted by Crippen LogP contribution is -2.33. The highest BCUT2D eigenvalue weighted by Crippen LogP contribution is 2.43. The standard InChI is InChI=1S/C24H29NO8/c1-12(2)7-22(29)31-19-6-5-14(8-21(19)33-24(30)25-13(3)4)23-18(28)11-16-17(27)9-15(26)10-20(16)32-23/h5-6,8-10,12-13,18,23,26-28H,7,11H2,1-4H3,(H,25,30)/t18-,23-/m1/s1. The van der Waals surface area contributed by atoms with E-state index in [4.69, 9.17) is 14.2 Å². The number of ether oxygens (including phenoxy) is 3. The van der Waals surface area contributed by atoms with Crippen molar-refractivity contribution in [2.24, 2.45) is 5.92 Å². The summed E-state index contributed by atoms with van der Waals surface area (Å²) in [6.45, 7) is 7.31. The lowest BCUT2D eigenvalue weighted by atomic mass is 9.94. The maximum Gasteiger partial charge on any atom is 0.412 e. The number of phenolic OH excluding ortho intramolecular Hbond substituents is 2. The van der Waals surface area contributed by atoms with Gasteiger partial charge in [0.05, 0.1) is 6.10 Å². The molecule has 33 heavy (non-hydrogen) atoms. The predicted octanol–water partition coefficient (Wildman–Crippen LogP) is 3.58. The van der Waals surface area contributed by atoms with Crippen molar-refractivity contribution in [2.45, 2.75) is 58.8 Å². The summed E-state index contributed by atoms with van der Waals surface area (Å²) in [5.74, 6) is -0.458. The molecule has 0 spiro atoms. The molecule has 0 unspecified atom stereocenters. The van der Waals surface area contributed by atoms with Crippen molar-refractivity contribution in [3.63, 3.8) is 0 Å². The molecule has 1 aliphatic heterocycles. The monoisotopic (exact) mass is 459 g/mol. The van der Waals surface area contributed by atoms with Crippen LogP contribution in [0.4, 0.5) is 4.79 Å². The lowest BCUT2D eigenvalue weighted by Gasteiger charge is -2.31. The number of aliphatic hydroxyl groups is 1. The quantitative estimate of drug-likeness (QED) is 0.380. The van der Waals surface area contributed by atoms with Gasteiger partial charge in [-0.05, 0) is 37.5 Å². The highest BCUT2D eigenvalue weighted by Gasteiger charge is 2.33. The number of hydrogen-bond acceptors (Lipinski definition) is 8. The maximum absolute atomic E-state index is 12.2. The Morgan fingerprint density at radius 1 is 1.09 bits per heavy atom. The second-order valence-corrected chi connectivity index (χ2v) is 8.72. The van der Waals surface area contributed by atoms with Gasteiger partial charge in [0.1, 0.15) is 23.4 Å². The number of nitrogens with one attached hydrogen (secondary N) is 1. The van der Waals surface area contributed by atoms with Crippen molar-refractivity contribution < 1.29 is 39.1 Å². The number of carbonyl (C=O) groups is 2. The maximum atomic E-state index is 12.2. The van der Waals surface area contributed by atoms with Crippen molar-refractivity contribution in [1.29, 1.82) is 0 Å². The number of esters is 1. The zero-order valence-electron chi connectivity index (χ0n) is 19.0. The molecule has 4 N–H and O–H groups in total. The molecule has 1 aliphatic rings. The summed E-state index contributed by atoms with van der Waals surface area (Å²) in [7, 11) is 0. The zero-order valence-corrected chi connectivity index (χ0v) is 19.0. The summed E-state index contributed by atoms with van der Waals surface area (Å²) in [6, 6.07) is 6.87. The first-order valence-electron chi connectivity index (χ1n) is 10.8. The number of phenols is 2. The second kappa shape index (κ2) is 9.99. The van der Waals surface area contributed by atoms with Gasteiger partial charge in [-0.3, -0.25) is 4.79 Å². The number of aliphatic hydroxyl groups excluding tert-OH is 1. The summed E-state index contributed by atoms with van der Waals surface area (Å²) in [5, 5.41) is 33.1. The Balaban J connectivity index is 1.92. The van der Waals surface area contributed by atoms with Crippen LogP contribution in [0.5, 0.6) is 28.7 Å². The SMILES string of the molecule is CC(C)CC(=O)Oc1ccc([C@H]2Oc3cc(O)cc(O)c3C[C@H]2O)cc1OC(=O)NC(C)C. The fourth-order valence-electron chi connectivity index (χ4n) is 3.48. The lowest BCUT2D eigenvalue weighted by molar-refractivity contribution is -0.135. The third-order valence-corrected chi connectivity index (χ3v) is 4.89. The molecule has 178 valence electrons. The third kappa shape index (κ3) is 6.07. The molecule has 9 nitrogen and oxygen atoms in total. The number of amides is 1. The van der Waals surface area contributed by atoms with Crippen molar-refractivity contribution >= 4 is 12.1 Å². The molecule has 0 radical (unpaired) electrons. The first kappa shape index (κ1) is 24.2. The first-order chi connectivity index (χ1) is 15.5. The highest BCUT2D eigenvalue weighted by atomic mass is 16.6. The van der Waals surface area contributed by atoms with E-state index in [0.717, 1.165) is 0 Å². The van der Waals surface area contributed by atoms with Gasteiger partial charge in [0.25, 0.3) is 0 Å². The normalized spacial score (nSPS) is 17.3. The Morgan fingerprint density at radius 3 is 2.48 bits per heavy atom. The van der Waals surface area contributed by atoms with Crippen LogP contribution in [0.25, 0.3) is 0 Å². The van der Waals surface area contributed by atoms with E-state index < -0.39 is 24.3 Å². The number of rotatable bonds is 6. The van der Waals surface area contributed by atoms with Crippen LogP contribution in [0.15, 0.2) is 30.3 Å². The van der Waals surface area contributed by atoms with E-state index in [9.17, 15) is 24.9 Å². The van der Waals surface area contributed by atoms with Crippen molar-refractivity contribution in [1.82, 2.24) is 5.32 Å². The zero-order chi connectivity index (χ0) is 24.3. The number of carbonyl (C=O) groups excluding carboxylic acids is 2. The summed E-state index contributed by atoms with van der Waals surface area (Å²) >= 11 is 0. The molecular formula is C24H29NO8. The Morgan fingerprint density at radius 2 is 1.82 bits per heavy atom. The molecule has 0 bridgehead atoms. The molecule has 0 fully saturated rings. The minimum atomic E-state index is -1.03. The van der Waals surface area contributed by atoms with E-state index in [2.05, 4.69) is 5.32 Å². The molecule has 0 saturated carbocycles. The summed E-state index contributed by atoms with van der Waals surface area (Å²) < 4.78 is 16.7. The molecule has 2 atom stereocenters. The average molecular weight is 459 g/mol. The van der Waals surface area contributed by atoms with Crippen LogP contribution in [0, 0.1) is 5.92 Å². The Kier molecular flexibility index (Phi) is 7.33. The summed E-state index contributed by atoms with van der Waals surface area (Å²) in [6.07, 6.45) is -2.36. The minimum Gasteiger partial charge on any atom is -0.508 e.